The summed E-state index contributed by atoms with van der Waals surface area (Å²) in [6.45, 7) is 1.70. The molecule has 2 N–H and O–H groups in total. The molecular formula is C16H20ClFN2O2. The molecule has 1 heterocycles. The Labute approximate surface area is 134 Å². The van der Waals surface area contributed by atoms with Crippen molar-refractivity contribution < 1.29 is 13.9 Å². The molecule has 1 saturated carbocycles. The number of carbonyl (C=O) groups is 1. The highest BCUT2D eigenvalue weighted by atomic mass is 35.5. The lowest BCUT2D eigenvalue weighted by Gasteiger charge is -2.39. The van der Waals surface area contributed by atoms with Crippen molar-refractivity contribution in [3.05, 3.63) is 34.6 Å². The fraction of sp³-hybridized carbons (Fsp3) is 0.562. The summed E-state index contributed by atoms with van der Waals surface area (Å²) >= 11 is 5.97. The van der Waals surface area contributed by atoms with Crippen LogP contribution in [0.25, 0.3) is 0 Å². The molecule has 2 aliphatic rings. The van der Waals surface area contributed by atoms with Crippen LogP contribution in [0.3, 0.4) is 0 Å². The van der Waals surface area contributed by atoms with Crippen LogP contribution in [0.5, 0.6) is 0 Å². The van der Waals surface area contributed by atoms with Gasteiger partial charge in [0.05, 0.1) is 12.7 Å². The van der Waals surface area contributed by atoms with Gasteiger partial charge in [-0.05, 0) is 31.4 Å². The van der Waals surface area contributed by atoms with Crippen molar-refractivity contribution in [1.82, 2.24) is 10.6 Å². The topological polar surface area (TPSA) is 50.4 Å². The van der Waals surface area contributed by atoms with Crippen molar-refractivity contribution in [2.24, 2.45) is 5.92 Å². The quantitative estimate of drug-likeness (QED) is 0.895. The third kappa shape index (κ3) is 3.42. The predicted molar refractivity (Wildman–Crippen MR) is 82.1 cm³/mol. The van der Waals surface area contributed by atoms with E-state index in [0.29, 0.717) is 10.6 Å². The van der Waals surface area contributed by atoms with Crippen LogP contribution in [0.4, 0.5) is 4.39 Å². The molecule has 1 aromatic carbocycles. The summed E-state index contributed by atoms with van der Waals surface area (Å²) in [5.41, 5.74) is 0.338. The fourth-order valence-electron chi connectivity index (χ4n) is 3.27. The van der Waals surface area contributed by atoms with Gasteiger partial charge in [0, 0.05) is 35.6 Å². The molecule has 120 valence electrons. The second-order valence-corrected chi connectivity index (χ2v) is 6.31. The molecule has 0 bridgehead atoms. The summed E-state index contributed by atoms with van der Waals surface area (Å²) in [6.07, 6.45) is 2.68. The lowest BCUT2D eigenvalue weighted by molar-refractivity contribution is -0.128. The number of hydrogen-bond acceptors (Lipinski definition) is 3. The highest BCUT2D eigenvalue weighted by molar-refractivity contribution is 6.31. The Kier molecular flexibility index (Phi) is 4.96. The molecule has 3 atom stereocenters. The van der Waals surface area contributed by atoms with Gasteiger partial charge in [0.25, 0.3) is 0 Å². The van der Waals surface area contributed by atoms with Gasteiger partial charge in [0.15, 0.2) is 0 Å². The summed E-state index contributed by atoms with van der Waals surface area (Å²) in [5, 5.41) is 6.56. The van der Waals surface area contributed by atoms with Crippen molar-refractivity contribution in [1.29, 1.82) is 0 Å². The Morgan fingerprint density at radius 1 is 1.45 bits per heavy atom. The van der Waals surface area contributed by atoms with Crippen molar-refractivity contribution in [2.75, 3.05) is 13.2 Å². The number of carbonyl (C=O) groups excluding carboxylic acids is 1. The van der Waals surface area contributed by atoms with Gasteiger partial charge >= 0.3 is 0 Å². The van der Waals surface area contributed by atoms with Gasteiger partial charge in [0.2, 0.25) is 5.91 Å². The maximum absolute atomic E-state index is 13.7. The molecule has 2 fully saturated rings. The minimum Gasteiger partial charge on any atom is -0.375 e. The van der Waals surface area contributed by atoms with E-state index in [1.165, 1.54) is 6.07 Å². The first kappa shape index (κ1) is 15.7. The molecule has 0 aromatic heterocycles. The van der Waals surface area contributed by atoms with Crippen LogP contribution in [0, 0.1) is 11.7 Å². The molecule has 1 amide bonds. The standard InChI is InChI=1S/C16H20ClFN2O2/c17-12-2-1-3-13(18)11(12)9-20-16(21)10-4-5-15-14(8-10)19-6-7-22-15/h1-3,10,14-15,19H,4-9H2,(H,20,21)/t10-,14+,15+/m0/s1. The van der Waals surface area contributed by atoms with Crippen molar-refractivity contribution in [2.45, 2.75) is 38.0 Å². The number of rotatable bonds is 3. The number of hydrogen-bond donors (Lipinski definition) is 2. The molecule has 0 radical (unpaired) electrons. The lowest BCUT2D eigenvalue weighted by Crippen LogP contribution is -2.53. The van der Waals surface area contributed by atoms with Crippen molar-refractivity contribution >= 4 is 17.5 Å². The Balaban J connectivity index is 1.56. The first-order chi connectivity index (χ1) is 10.6. The molecule has 0 spiro atoms. The van der Waals surface area contributed by atoms with E-state index in [4.69, 9.17) is 16.3 Å². The number of morpholine rings is 1. The number of halogens is 2. The molecule has 1 aliphatic heterocycles. The predicted octanol–water partition coefficient (Wildman–Crippen LogP) is 2.25. The monoisotopic (exact) mass is 326 g/mol. The Morgan fingerprint density at radius 2 is 2.32 bits per heavy atom. The molecule has 1 aromatic rings. The van der Waals surface area contributed by atoms with Gasteiger partial charge in [-0.3, -0.25) is 4.79 Å². The van der Waals surface area contributed by atoms with Crippen LogP contribution < -0.4 is 10.6 Å². The fourth-order valence-corrected chi connectivity index (χ4v) is 3.50. The Hall–Kier alpha value is -1.17. The number of benzene rings is 1. The second kappa shape index (κ2) is 6.94. The van der Waals surface area contributed by atoms with Crippen LogP contribution in [0.15, 0.2) is 18.2 Å². The second-order valence-electron chi connectivity index (χ2n) is 5.90. The molecule has 1 aliphatic carbocycles. The zero-order valence-electron chi connectivity index (χ0n) is 12.3. The Bertz CT molecular complexity index is 535. The van der Waals surface area contributed by atoms with E-state index in [1.807, 2.05) is 0 Å². The highest BCUT2D eigenvalue weighted by Crippen LogP contribution is 2.28. The third-order valence-electron chi connectivity index (χ3n) is 4.50. The largest absolute Gasteiger partial charge is 0.375 e. The van der Waals surface area contributed by atoms with Gasteiger partial charge in [-0.1, -0.05) is 17.7 Å². The first-order valence-electron chi connectivity index (χ1n) is 7.70. The van der Waals surface area contributed by atoms with Crippen LogP contribution in [-0.4, -0.2) is 31.2 Å². The normalized spacial score (nSPS) is 28.0. The van der Waals surface area contributed by atoms with E-state index in [1.54, 1.807) is 12.1 Å². The summed E-state index contributed by atoms with van der Waals surface area (Å²) in [4.78, 5) is 12.3. The summed E-state index contributed by atoms with van der Waals surface area (Å²) in [5.74, 6) is -0.481. The number of nitrogens with one attached hydrogen (secondary N) is 2. The van der Waals surface area contributed by atoms with E-state index >= 15 is 0 Å². The molecule has 4 nitrogen and oxygen atoms in total. The summed E-state index contributed by atoms with van der Waals surface area (Å²) < 4.78 is 19.4. The van der Waals surface area contributed by atoms with E-state index in [2.05, 4.69) is 10.6 Å². The van der Waals surface area contributed by atoms with Gasteiger partial charge in [-0.25, -0.2) is 4.39 Å². The van der Waals surface area contributed by atoms with Gasteiger partial charge < -0.3 is 15.4 Å². The molecule has 6 heteroatoms. The molecule has 22 heavy (non-hydrogen) atoms. The smallest absolute Gasteiger partial charge is 0.223 e. The van der Waals surface area contributed by atoms with Crippen LogP contribution in [0.1, 0.15) is 24.8 Å². The molecule has 1 saturated heterocycles. The maximum atomic E-state index is 13.7. The zero-order chi connectivity index (χ0) is 15.5. The maximum Gasteiger partial charge on any atom is 0.223 e. The Morgan fingerprint density at radius 3 is 3.14 bits per heavy atom. The van der Waals surface area contributed by atoms with Crippen LogP contribution in [0.2, 0.25) is 5.02 Å². The van der Waals surface area contributed by atoms with Gasteiger partial charge in [-0.2, -0.15) is 0 Å². The van der Waals surface area contributed by atoms with Crippen LogP contribution in [-0.2, 0) is 16.1 Å². The minimum absolute atomic E-state index is 0.0369. The van der Waals surface area contributed by atoms with Crippen molar-refractivity contribution in [3.63, 3.8) is 0 Å². The zero-order valence-corrected chi connectivity index (χ0v) is 13.0. The number of ether oxygens (including phenoxy) is 1. The summed E-state index contributed by atoms with van der Waals surface area (Å²) in [7, 11) is 0. The van der Waals surface area contributed by atoms with E-state index < -0.39 is 0 Å². The number of amides is 1. The van der Waals surface area contributed by atoms with Gasteiger partial charge in [-0.15, -0.1) is 0 Å². The molecular weight excluding hydrogens is 307 g/mol. The summed E-state index contributed by atoms with van der Waals surface area (Å²) in [6, 6.07) is 4.77. The average molecular weight is 327 g/mol. The molecule has 0 unspecified atom stereocenters. The van der Waals surface area contributed by atoms with E-state index in [-0.39, 0.29) is 36.3 Å². The first-order valence-corrected chi connectivity index (χ1v) is 8.08. The highest BCUT2D eigenvalue weighted by Gasteiger charge is 2.35. The number of fused-ring (bicyclic) bond motifs is 1. The minimum atomic E-state index is -0.390. The van der Waals surface area contributed by atoms with Gasteiger partial charge in [0.1, 0.15) is 5.82 Å². The SMILES string of the molecule is O=C(NCc1c(F)cccc1Cl)[C@H]1CC[C@H]2OCCN[C@@H]2C1. The van der Waals surface area contributed by atoms with E-state index in [9.17, 15) is 9.18 Å². The van der Waals surface area contributed by atoms with E-state index in [0.717, 1.165) is 32.4 Å². The van der Waals surface area contributed by atoms with Crippen LogP contribution >= 0.6 is 11.6 Å². The lowest BCUT2D eigenvalue weighted by atomic mass is 9.82. The third-order valence-corrected chi connectivity index (χ3v) is 4.85. The average Bonchev–Trinajstić information content (AvgIpc) is 2.53. The molecule has 3 rings (SSSR count). The van der Waals surface area contributed by atoms with Crippen molar-refractivity contribution in [3.8, 4) is 0 Å².